The molecule has 0 aliphatic heterocycles. The van der Waals surface area contributed by atoms with E-state index in [1.165, 1.54) is 88.0 Å². The molecule has 14 rings (SSSR count). The van der Waals surface area contributed by atoms with E-state index in [4.69, 9.17) is 0 Å². The van der Waals surface area contributed by atoms with Crippen LogP contribution in [0.4, 0.5) is 34.1 Å². The molecule has 368 valence electrons. The first kappa shape index (κ1) is 46.5. The molecule has 2 nitrogen and oxygen atoms in total. The molecule has 0 amide bonds. The Kier molecular flexibility index (Phi) is 12.1. The summed E-state index contributed by atoms with van der Waals surface area (Å²) in [6.45, 7) is 0. The van der Waals surface area contributed by atoms with Gasteiger partial charge in [-0.15, -0.1) is 0 Å². The molecular formula is C76H54N2. The molecule has 78 heavy (non-hydrogen) atoms. The predicted octanol–water partition coefficient (Wildman–Crippen LogP) is 21.4. The standard InChI is InChI=1S/C76H54N2/c1-5-21-69-55(13-1)17-9-25-73(69)59-33-45-65(46-34-59)77(66-47-35-60(36-48-66)74-26-10-18-56-14-2-6-22-70(56)74)63-41-29-53(30-42-63)54-31-43-64(44-32-54)78(67-49-37-61(38-50-67)75-27-11-19-57-15-3-7-23-71(57)75)68-51-39-62(40-52-68)76-28-12-20-58-16-4-8-24-72(58)76/h1-3,5-15,17-52H,4,16H2. The molecule has 13 aromatic rings. The van der Waals surface area contributed by atoms with Crippen LogP contribution in [0.15, 0.2) is 297 Å². The summed E-state index contributed by atoms with van der Waals surface area (Å²) < 4.78 is 0. The summed E-state index contributed by atoms with van der Waals surface area (Å²) in [6.07, 6.45) is 6.79. The van der Waals surface area contributed by atoms with Crippen molar-refractivity contribution in [3.05, 3.63) is 308 Å². The zero-order valence-electron chi connectivity index (χ0n) is 43.2. The molecule has 0 heterocycles. The van der Waals surface area contributed by atoms with Gasteiger partial charge in [-0.3, -0.25) is 0 Å². The van der Waals surface area contributed by atoms with Crippen molar-refractivity contribution in [2.45, 2.75) is 12.8 Å². The molecule has 0 bridgehead atoms. The molecular weight excluding hydrogens is 941 g/mol. The van der Waals surface area contributed by atoms with Gasteiger partial charge in [0.2, 0.25) is 0 Å². The van der Waals surface area contributed by atoms with Crippen molar-refractivity contribution in [1.82, 2.24) is 0 Å². The molecule has 0 aromatic heterocycles. The maximum absolute atomic E-state index is 2.37. The zero-order chi connectivity index (χ0) is 51.8. The Morgan fingerprint density at radius 1 is 0.231 bits per heavy atom. The minimum absolute atomic E-state index is 1.08. The fraction of sp³-hybridized carbons (Fsp3) is 0.0263. The van der Waals surface area contributed by atoms with Crippen LogP contribution in [0.3, 0.4) is 0 Å². The van der Waals surface area contributed by atoms with Gasteiger partial charge >= 0.3 is 0 Å². The summed E-state index contributed by atoms with van der Waals surface area (Å²) >= 11 is 0. The highest BCUT2D eigenvalue weighted by molar-refractivity contribution is 5.99. The lowest BCUT2D eigenvalue weighted by Gasteiger charge is -2.27. The Bertz CT molecular complexity index is 4190. The number of hydrogen-bond donors (Lipinski definition) is 0. The lowest BCUT2D eigenvalue weighted by Crippen LogP contribution is -2.10. The molecule has 0 saturated heterocycles. The molecule has 0 spiro atoms. The number of hydrogen-bond acceptors (Lipinski definition) is 2. The molecule has 13 aromatic carbocycles. The number of anilines is 6. The van der Waals surface area contributed by atoms with Gasteiger partial charge in [0.1, 0.15) is 0 Å². The highest BCUT2D eigenvalue weighted by Crippen LogP contribution is 2.42. The maximum Gasteiger partial charge on any atom is 0.0462 e. The smallest absolute Gasteiger partial charge is 0.0462 e. The summed E-state index contributed by atoms with van der Waals surface area (Å²) in [7, 11) is 0. The first-order valence-electron chi connectivity index (χ1n) is 27.1. The molecule has 1 aliphatic carbocycles. The second-order valence-electron chi connectivity index (χ2n) is 20.4. The van der Waals surface area contributed by atoms with E-state index in [2.05, 4.69) is 313 Å². The van der Waals surface area contributed by atoms with Crippen molar-refractivity contribution in [3.8, 4) is 55.6 Å². The summed E-state index contributed by atoms with van der Waals surface area (Å²) in [4.78, 5) is 4.74. The number of aryl methyl sites for hydroxylation is 1. The molecule has 0 N–H and O–H groups in total. The Balaban J connectivity index is 0.799. The van der Waals surface area contributed by atoms with E-state index in [1.54, 1.807) is 0 Å². The first-order valence-corrected chi connectivity index (χ1v) is 27.1. The summed E-state index contributed by atoms with van der Waals surface area (Å²) in [6, 6.07) is 107. The number of fused-ring (bicyclic) bond motifs is 4. The Hall–Kier alpha value is -10.0. The average Bonchev–Trinajstić information content (AvgIpc) is 3.52. The topological polar surface area (TPSA) is 6.48 Å². The van der Waals surface area contributed by atoms with Gasteiger partial charge in [0.15, 0.2) is 0 Å². The zero-order valence-corrected chi connectivity index (χ0v) is 43.2. The summed E-state index contributed by atoms with van der Waals surface area (Å²) in [5.41, 5.74) is 21.4. The number of allylic oxidation sites excluding steroid dienone is 1. The third-order valence-corrected chi connectivity index (χ3v) is 15.8. The van der Waals surface area contributed by atoms with E-state index in [9.17, 15) is 0 Å². The van der Waals surface area contributed by atoms with Crippen LogP contribution >= 0.6 is 0 Å². The molecule has 0 fully saturated rings. The molecule has 0 radical (unpaired) electrons. The first-order chi connectivity index (χ1) is 38.7. The van der Waals surface area contributed by atoms with Crippen molar-refractivity contribution < 1.29 is 0 Å². The largest absolute Gasteiger partial charge is 0.311 e. The van der Waals surface area contributed by atoms with E-state index in [-0.39, 0.29) is 0 Å². The SMILES string of the molecule is C1=Cc2c(cccc2-c2ccc(N(c3ccc(-c4ccc(N(c5ccc(-c6cccc7ccccc67)cc5)c5ccc(-c6cccc7ccccc67)cc5)cc4)cc3)c3ccc(-c4cccc5ccccc45)cc3)cc2)CC1. The van der Waals surface area contributed by atoms with Crippen LogP contribution in [0.2, 0.25) is 0 Å². The van der Waals surface area contributed by atoms with Gasteiger partial charge in [0.05, 0.1) is 0 Å². The number of rotatable bonds is 11. The van der Waals surface area contributed by atoms with Gasteiger partial charge in [-0.2, -0.15) is 0 Å². The Morgan fingerprint density at radius 3 is 0.872 bits per heavy atom. The number of nitrogens with zero attached hydrogens (tertiary/aromatic N) is 2. The van der Waals surface area contributed by atoms with Crippen LogP contribution in [0.1, 0.15) is 17.5 Å². The normalized spacial score (nSPS) is 11.9. The molecule has 0 saturated carbocycles. The molecule has 0 atom stereocenters. The van der Waals surface area contributed by atoms with Crippen LogP contribution in [-0.2, 0) is 6.42 Å². The molecule has 1 aliphatic rings. The number of benzene rings is 13. The average molecular weight is 995 g/mol. The predicted molar refractivity (Wildman–Crippen MR) is 333 cm³/mol. The van der Waals surface area contributed by atoms with Gasteiger partial charge in [0, 0.05) is 34.1 Å². The van der Waals surface area contributed by atoms with Crippen molar-refractivity contribution >= 4 is 72.5 Å². The highest BCUT2D eigenvalue weighted by Gasteiger charge is 2.18. The second-order valence-corrected chi connectivity index (χ2v) is 20.4. The van der Waals surface area contributed by atoms with Crippen molar-refractivity contribution in [2.24, 2.45) is 0 Å². The minimum atomic E-state index is 1.08. The molecule has 2 heteroatoms. The van der Waals surface area contributed by atoms with E-state index in [0.717, 1.165) is 58.1 Å². The van der Waals surface area contributed by atoms with Gasteiger partial charge in [-0.1, -0.05) is 231 Å². The van der Waals surface area contributed by atoms with E-state index in [0.29, 0.717) is 0 Å². The third kappa shape index (κ3) is 8.79. The Labute approximate surface area is 456 Å². The fourth-order valence-corrected chi connectivity index (χ4v) is 11.8. The van der Waals surface area contributed by atoms with Crippen molar-refractivity contribution in [1.29, 1.82) is 0 Å². The summed E-state index contributed by atoms with van der Waals surface area (Å²) in [5, 5.41) is 7.49. The van der Waals surface area contributed by atoms with Gasteiger partial charge < -0.3 is 9.80 Å². The lowest BCUT2D eigenvalue weighted by atomic mass is 9.90. The fourth-order valence-electron chi connectivity index (χ4n) is 11.8. The van der Waals surface area contributed by atoms with Gasteiger partial charge in [-0.25, -0.2) is 0 Å². The van der Waals surface area contributed by atoms with Crippen molar-refractivity contribution in [3.63, 3.8) is 0 Å². The van der Waals surface area contributed by atoms with Gasteiger partial charge in [0.25, 0.3) is 0 Å². The quantitative estimate of drug-likeness (QED) is 0.127. The monoisotopic (exact) mass is 994 g/mol. The minimum Gasteiger partial charge on any atom is -0.311 e. The molecule has 0 unspecified atom stereocenters. The second kappa shape index (κ2) is 20.3. The van der Waals surface area contributed by atoms with Crippen LogP contribution < -0.4 is 9.80 Å². The van der Waals surface area contributed by atoms with E-state index in [1.807, 2.05) is 0 Å². The van der Waals surface area contributed by atoms with Crippen LogP contribution in [0.5, 0.6) is 0 Å². The van der Waals surface area contributed by atoms with Crippen LogP contribution in [0, 0.1) is 0 Å². The summed E-state index contributed by atoms with van der Waals surface area (Å²) in [5.74, 6) is 0. The van der Waals surface area contributed by atoms with Gasteiger partial charge in [-0.05, 0) is 185 Å². The van der Waals surface area contributed by atoms with E-state index >= 15 is 0 Å². The Morgan fingerprint density at radius 2 is 0.513 bits per heavy atom. The third-order valence-electron chi connectivity index (χ3n) is 15.8. The highest BCUT2D eigenvalue weighted by atomic mass is 15.1. The van der Waals surface area contributed by atoms with Crippen molar-refractivity contribution in [2.75, 3.05) is 9.80 Å². The van der Waals surface area contributed by atoms with E-state index < -0.39 is 0 Å². The van der Waals surface area contributed by atoms with Crippen LogP contribution in [-0.4, -0.2) is 0 Å². The van der Waals surface area contributed by atoms with Crippen LogP contribution in [0.25, 0.3) is 94.0 Å². The maximum atomic E-state index is 2.37. The lowest BCUT2D eigenvalue weighted by molar-refractivity contribution is 0.986.